The van der Waals surface area contributed by atoms with Crippen LogP contribution in [0.3, 0.4) is 0 Å². The molecule has 206 valence electrons. The Morgan fingerprint density at radius 1 is 0.825 bits per heavy atom. The zero-order valence-electron chi connectivity index (χ0n) is 22.0. The topological polar surface area (TPSA) is 61.4 Å². The number of halogens is 2. The van der Waals surface area contributed by atoms with Crippen LogP contribution in [0.25, 0.3) is 0 Å². The minimum absolute atomic E-state index is 0.0508. The van der Waals surface area contributed by atoms with Crippen molar-refractivity contribution in [2.75, 3.05) is 48.3 Å². The molecule has 1 amide bonds. The molecule has 0 unspecified atom stereocenters. The number of nitrogens with zero attached hydrogens (tertiary/aromatic N) is 4. The number of benzene rings is 3. The van der Waals surface area contributed by atoms with Crippen LogP contribution in [0.1, 0.15) is 23.5 Å². The van der Waals surface area contributed by atoms with Crippen LogP contribution >= 0.6 is 35.0 Å². The Bertz CT molecular complexity index is 1360. The van der Waals surface area contributed by atoms with Gasteiger partial charge in [-0.25, -0.2) is 9.97 Å². The van der Waals surface area contributed by atoms with E-state index in [1.54, 1.807) is 6.07 Å². The van der Waals surface area contributed by atoms with E-state index in [1.165, 1.54) is 22.9 Å². The number of thioether (sulfide) groups is 1. The largest absolute Gasteiger partial charge is 0.368 e. The summed E-state index contributed by atoms with van der Waals surface area (Å²) in [4.78, 5) is 26.3. The Morgan fingerprint density at radius 2 is 1.48 bits per heavy atom. The molecule has 3 aromatic carbocycles. The Labute approximate surface area is 249 Å². The summed E-state index contributed by atoms with van der Waals surface area (Å²) in [5, 5.41) is 4.68. The summed E-state index contributed by atoms with van der Waals surface area (Å²) >= 11 is 13.8. The molecule has 9 heteroatoms. The second-order valence-electron chi connectivity index (χ2n) is 9.59. The molecule has 0 spiro atoms. The van der Waals surface area contributed by atoms with Crippen LogP contribution < -0.4 is 15.1 Å². The molecule has 1 aliphatic heterocycles. The van der Waals surface area contributed by atoms with Gasteiger partial charge in [0.05, 0.1) is 5.75 Å². The summed E-state index contributed by atoms with van der Waals surface area (Å²) in [6, 6.07) is 30.5. The van der Waals surface area contributed by atoms with Crippen molar-refractivity contribution in [3.05, 3.63) is 112 Å². The molecule has 1 fully saturated rings. The number of rotatable bonds is 10. The van der Waals surface area contributed by atoms with Crippen LogP contribution in [0.5, 0.6) is 0 Å². The molecule has 5 rings (SSSR count). The van der Waals surface area contributed by atoms with Crippen LogP contribution in [0.15, 0.2) is 96.2 Å². The average Bonchev–Trinajstić information content (AvgIpc) is 2.99. The van der Waals surface area contributed by atoms with Crippen LogP contribution in [0.4, 0.5) is 11.5 Å². The lowest BCUT2D eigenvalue weighted by Crippen LogP contribution is -2.46. The van der Waals surface area contributed by atoms with E-state index in [-0.39, 0.29) is 17.6 Å². The van der Waals surface area contributed by atoms with Crippen molar-refractivity contribution in [2.45, 2.75) is 17.5 Å². The van der Waals surface area contributed by atoms with E-state index in [0.29, 0.717) is 16.9 Å². The van der Waals surface area contributed by atoms with E-state index in [9.17, 15) is 4.79 Å². The molecule has 0 bridgehead atoms. The maximum Gasteiger partial charge on any atom is 0.230 e. The summed E-state index contributed by atoms with van der Waals surface area (Å²) < 4.78 is 0. The van der Waals surface area contributed by atoms with Crippen molar-refractivity contribution >= 4 is 52.4 Å². The van der Waals surface area contributed by atoms with Crippen molar-refractivity contribution < 1.29 is 4.79 Å². The van der Waals surface area contributed by atoms with Crippen LogP contribution in [0.2, 0.25) is 10.2 Å². The lowest BCUT2D eigenvalue weighted by molar-refractivity contribution is -0.118. The number of nitrogens with one attached hydrogen (secondary N) is 1. The smallest absolute Gasteiger partial charge is 0.230 e. The first kappa shape index (κ1) is 28.3. The molecule has 1 saturated heterocycles. The number of anilines is 2. The number of carbonyl (C=O) groups is 1. The highest BCUT2D eigenvalue weighted by molar-refractivity contribution is 7.99. The van der Waals surface area contributed by atoms with Crippen molar-refractivity contribution in [2.24, 2.45) is 0 Å². The maximum absolute atomic E-state index is 12.7. The zero-order chi connectivity index (χ0) is 27.7. The number of aromatic nitrogens is 2. The summed E-state index contributed by atoms with van der Waals surface area (Å²) in [5.41, 5.74) is 3.60. The summed E-state index contributed by atoms with van der Waals surface area (Å²) in [6.07, 6.45) is 0.809. The molecule has 2 heterocycles. The standard InChI is InChI=1S/C31H31Cl2N5OS/c32-25-12-7-13-26(20-25)37-16-18-38(19-17-37)29-21-28(33)35-31(36-29)40-22-30(39)34-15-14-27(23-8-3-1-4-9-23)24-10-5-2-6-11-24/h1-13,20-21,27H,14-19,22H2,(H,34,39). The first-order valence-corrected chi connectivity index (χ1v) is 15.1. The van der Waals surface area contributed by atoms with Crippen LogP contribution in [-0.2, 0) is 4.79 Å². The number of carbonyl (C=O) groups excluding carboxylic acids is 1. The molecule has 4 aromatic rings. The Balaban J connectivity index is 1.13. The number of amides is 1. The fourth-order valence-electron chi connectivity index (χ4n) is 4.91. The third-order valence-corrected chi connectivity index (χ3v) is 8.21. The molecular formula is C31H31Cl2N5OS. The monoisotopic (exact) mass is 591 g/mol. The highest BCUT2D eigenvalue weighted by Gasteiger charge is 2.20. The Hall–Kier alpha value is -3.26. The van der Waals surface area contributed by atoms with Gasteiger partial charge < -0.3 is 15.1 Å². The zero-order valence-corrected chi connectivity index (χ0v) is 24.4. The van der Waals surface area contributed by atoms with E-state index in [4.69, 9.17) is 28.2 Å². The molecule has 0 saturated carbocycles. The summed E-state index contributed by atoms with van der Waals surface area (Å²) in [7, 11) is 0. The predicted octanol–water partition coefficient (Wildman–Crippen LogP) is 6.54. The van der Waals surface area contributed by atoms with Gasteiger partial charge in [-0.1, -0.05) is 102 Å². The van der Waals surface area contributed by atoms with Gasteiger partial charge in [-0.2, -0.15) is 0 Å². The molecule has 0 radical (unpaired) electrons. The number of hydrogen-bond acceptors (Lipinski definition) is 6. The van der Waals surface area contributed by atoms with Gasteiger partial charge in [0.1, 0.15) is 11.0 Å². The molecule has 1 aromatic heterocycles. The lowest BCUT2D eigenvalue weighted by Gasteiger charge is -2.36. The highest BCUT2D eigenvalue weighted by Crippen LogP contribution is 2.28. The van der Waals surface area contributed by atoms with E-state index >= 15 is 0 Å². The molecule has 0 aliphatic carbocycles. The fraction of sp³-hybridized carbons (Fsp3) is 0.258. The summed E-state index contributed by atoms with van der Waals surface area (Å²) in [5.74, 6) is 1.17. The number of piperazine rings is 1. The second kappa shape index (κ2) is 13.9. The van der Waals surface area contributed by atoms with E-state index in [0.717, 1.165) is 49.1 Å². The second-order valence-corrected chi connectivity index (χ2v) is 11.4. The molecule has 40 heavy (non-hydrogen) atoms. The third-order valence-electron chi connectivity index (χ3n) is 6.93. The van der Waals surface area contributed by atoms with Crippen LogP contribution in [0, 0.1) is 0 Å². The number of hydrogen-bond donors (Lipinski definition) is 1. The van der Waals surface area contributed by atoms with E-state index < -0.39 is 0 Å². The Kier molecular flexibility index (Phi) is 9.81. The van der Waals surface area contributed by atoms with Crippen LogP contribution in [-0.4, -0.2) is 54.4 Å². The quantitative estimate of drug-likeness (QED) is 0.128. The van der Waals surface area contributed by atoms with Gasteiger partial charge in [0.2, 0.25) is 5.91 Å². The molecular weight excluding hydrogens is 561 g/mol. The Morgan fingerprint density at radius 3 is 2.12 bits per heavy atom. The normalized spacial score (nSPS) is 13.5. The van der Waals surface area contributed by atoms with Gasteiger partial charge >= 0.3 is 0 Å². The van der Waals surface area contributed by atoms with Gasteiger partial charge in [-0.05, 0) is 35.7 Å². The summed E-state index contributed by atoms with van der Waals surface area (Å²) in [6.45, 7) is 3.87. The average molecular weight is 593 g/mol. The maximum atomic E-state index is 12.7. The van der Waals surface area contributed by atoms with Gasteiger partial charge in [0, 0.05) is 55.4 Å². The van der Waals surface area contributed by atoms with Crippen molar-refractivity contribution in [1.29, 1.82) is 0 Å². The first-order chi connectivity index (χ1) is 19.5. The van der Waals surface area contributed by atoms with Crippen molar-refractivity contribution in [1.82, 2.24) is 15.3 Å². The minimum atomic E-state index is -0.0508. The molecule has 0 atom stereocenters. The van der Waals surface area contributed by atoms with E-state index in [1.807, 2.05) is 30.3 Å². The van der Waals surface area contributed by atoms with Crippen molar-refractivity contribution in [3.63, 3.8) is 0 Å². The minimum Gasteiger partial charge on any atom is -0.368 e. The highest BCUT2D eigenvalue weighted by atomic mass is 35.5. The van der Waals surface area contributed by atoms with Gasteiger partial charge in [0.25, 0.3) is 0 Å². The molecule has 6 nitrogen and oxygen atoms in total. The van der Waals surface area contributed by atoms with Gasteiger partial charge in [0.15, 0.2) is 5.16 Å². The fourth-order valence-corrected chi connectivity index (χ4v) is 6.01. The third kappa shape index (κ3) is 7.68. The molecule has 1 aliphatic rings. The van der Waals surface area contributed by atoms with Crippen molar-refractivity contribution in [3.8, 4) is 0 Å². The molecule has 1 N–H and O–H groups in total. The van der Waals surface area contributed by atoms with Gasteiger partial charge in [-0.15, -0.1) is 0 Å². The lowest BCUT2D eigenvalue weighted by atomic mass is 9.88. The van der Waals surface area contributed by atoms with E-state index in [2.05, 4.69) is 74.7 Å². The SMILES string of the molecule is O=C(CSc1nc(Cl)cc(N2CCN(c3cccc(Cl)c3)CC2)n1)NCCC(c1ccccc1)c1ccccc1. The predicted molar refractivity (Wildman–Crippen MR) is 166 cm³/mol. The van der Waals surface area contributed by atoms with Gasteiger partial charge in [-0.3, -0.25) is 4.79 Å². The first-order valence-electron chi connectivity index (χ1n) is 13.3.